The summed E-state index contributed by atoms with van der Waals surface area (Å²) in [5.74, 6) is -1.13. The summed E-state index contributed by atoms with van der Waals surface area (Å²) < 4.78 is 12.9. The van der Waals surface area contributed by atoms with Gasteiger partial charge in [-0.1, -0.05) is 12.1 Å². The van der Waals surface area contributed by atoms with E-state index in [-0.39, 0.29) is 0 Å². The number of rotatable bonds is 1. The Morgan fingerprint density at radius 3 is 2.62 bits per heavy atom. The molecule has 1 aromatic rings. The molecule has 13 heavy (non-hydrogen) atoms. The Labute approximate surface area is 76.2 Å². The average Bonchev–Trinajstić information content (AvgIpc) is 2.09. The number of para-hydroxylation sites is 1. The fraction of sp³-hybridized carbons (Fsp3) is 0.300. The van der Waals surface area contributed by atoms with Gasteiger partial charge in [0.05, 0.1) is 11.5 Å². The van der Waals surface area contributed by atoms with Crippen LogP contribution in [0.3, 0.4) is 0 Å². The Morgan fingerprint density at radius 2 is 2.08 bits per heavy atom. The van der Waals surface area contributed by atoms with Crippen LogP contribution in [0.5, 0.6) is 5.75 Å². The number of phenolic OH excluding ortho intramolecular Hbond substituents is 1. The van der Waals surface area contributed by atoms with Crippen LogP contribution in [-0.4, -0.2) is 5.11 Å². The second-order valence-corrected chi connectivity index (χ2v) is 3.37. The highest BCUT2D eigenvalue weighted by Gasteiger charge is 2.24. The first kappa shape index (κ1) is 9.53. The molecule has 0 fully saturated rings. The highest BCUT2D eigenvalue weighted by molar-refractivity contribution is 5.42. The van der Waals surface area contributed by atoms with E-state index in [1.54, 1.807) is 19.9 Å². The fourth-order valence-corrected chi connectivity index (χ4v) is 1.08. The predicted octanol–water partition coefficient (Wildman–Crippen LogP) is 2.33. The lowest BCUT2D eigenvalue weighted by atomic mass is 9.86. The molecule has 0 unspecified atom stereocenters. The zero-order valence-electron chi connectivity index (χ0n) is 7.50. The van der Waals surface area contributed by atoms with Crippen LogP contribution in [0.25, 0.3) is 0 Å². The lowest BCUT2D eigenvalue weighted by Gasteiger charge is -2.16. The van der Waals surface area contributed by atoms with Crippen molar-refractivity contribution in [1.82, 2.24) is 0 Å². The van der Waals surface area contributed by atoms with Gasteiger partial charge in [0, 0.05) is 5.56 Å². The standard InChI is InChI=1S/C10H10FNO/c1-10(2,6-12)7-4-3-5-8(11)9(7)13/h3-5,13H,1-2H3. The molecule has 1 N–H and O–H groups in total. The maximum Gasteiger partial charge on any atom is 0.165 e. The Kier molecular flexibility index (Phi) is 2.24. The van der Waals surface area contributed by atoms with Gasteiger partial charge in [0.2, 0.25) is 0 Å². The topological polar surface area (TPSA) is 44.0 Å². The molecule has 0 bridgehead atoms. The second kappa shape index (κ2) is 3.06. The molecule has 0 aliphatic heterocycles. The van der Waals surface area contributed by atoms with Crippen molar-refractivity contribution in [2.24, 2.45) is 0 Å². The first-order chi connectivity index (χ1) is 5.99. The number of hydrogen-bond donors (Lipinski definition) is 1. The van der Waals surface area contributed by atoms with Gasteiger partial charge in [0.25, 0.3) is 0 Å². The van der Waals surface area contributed by atoms with Crippen LogP contribution >= 0.6 is 0 Å². The Bertz CT molecular complexity index is 366. The summed E-state index contributed by atoms with van der Waals surface area (Å²) in [7, 11) is 0. The Hall–Kier alpha value is -1.56. The van der Waals surface area contributed by atoms with Crippen LogP contribution in [0.1, 0.15) is 19.4 Å². The number of nitrogens with zero attached hydrogens (tertiary/aromatic N) is 1. The summed E-state index contributed by atoms with van der Waals surface area (Å²) in [5.41, 5.74) is -0.554. The van der Waals surface area contributed by atoms with E-state index in [1.165, 1.54) is 6.07 Å². The lowest BCUT2D eigenvalue weighted by molar-refractivity contribution is 0.417. The predicted molar refractivity (Wildman–Crippen MR) is 46.7 cm³/mol. The quantitative estimate of drug-likeness (QED) is 0.719. The fourth-order valence-electron chi connectivity index (χ4n) is 1.08. The SMILES string of the molecule is CC(C)(C#N)c1cccc(F)c1O. The summed E-state index contributed by atoms with van der Waals surface area (Å²) in [6, 6.07) is 6.18. The molecule has 0 heterocycles. The third-order valence-electron chi connectivity index (χ3n) is 1.94. The lowest BCUT2D eigenvalue weighted by Crippen LogP contribution is -2.14. The summed E-state index contributed by atoms with van der Waals surface area (Å²) >= 11 is 0. The van der Waals surface area contributed by atoms with E-state index in [0.29, 0.717) is 5.56 Å². The molecule has 0 aromatic heterocycles. The van der Waals surface area contributed by atoms with Gasteiger partial charge in [-0.25, -0.2) is 4.39 Å². The zero-order chi connectivity index (χ0) is 10.1. The smallest absolute Gasteiger partial charge is 0.165 e. The maximum atomic E-state index is 12.9. The summed E-state index contributed by atoms with van der Waals surface area (Å²) in [6.45, 7) is 3.25. The van der Waals surface area contributed by atoms with E-state index < -0.39 is 17.0 Å². The normalized spacial score (nSPS) is 10.9. The van der Waals surface area contributed by atoms with E-state index >= 15 is 0 Å². The molecule has 3 heteroatoms. The van der Waals surface area contributed by atoms with E-state index in [4.69, 9.17) is 5.26 Å². The molecular formula is C10H10FNO. The van der Waals surface area contributed by atoms with Crippen molar-refractivity contribution in [2.45, 2.75) is 19.3 Å². The Balaban J connectivity index is 3.33. The van der Waals surface area contributed by atoms with Gasteiger partial charge < -0.3 is 5.11 Å². The van der Waals surface area contributed by atoms with Gasteiger partial charge in [-0.2, -0.15) is 5.26 Å². The zero-order valence-corrected chi connectivity index (χ0v) is 7.50. The summed E-state index contributed by atoms with van der Waals surface area (Å²) in [4.78, 5) is 0. The molecular weight excluding hydrogens is 169 g/mol. The van der Waals surface area contributed by atoms with Gasteiger partial charge in [-0.3, -0.25) is 0 Å². The van der Waals surface area contributed by atoms with Gasteiger partial charge in [-0.05, 0) is 19.9 Å². The van der Waals surface area contributed by atoms with Crippen molar-refractivity contribution in [3.63, 3.8) is 0 Å². The number of hydrogen-bond acceptors (Lipinski definition) is 2. The van der Waals surface area contributed by atoms with Crippen LogP contribution in [0, 0.1) is 17.1 Å². The van der Waals surface area contributed by atoms with E-state index in [2.05, 4.69) is 0 Å². The number of benzene rings is 1. The van der Waals surface area contributed by atoms with Crippen LogP contribution in [0.4, 0.5) is 4.39 Å². The molecule has 0 atom stereocenters. The molecule has 0 saturated carbocycles. The number of aromatic hydroxyl groups is 1. The molecule has 1 rings (SSSR count). The first-order valence-corrected chi connectivity index (χ1v) is 3.88. The molecule has 1 aromatic carbocycles. The largest absolute Gasteiger partial charge is 0.505 e. The second-order valence-electron chi connectivity index (χ2n) is 3.37. The highest BCUT2D eigenvalue weighted by atomic mass is 19.1. The third kappa shape index (κ3) is 1.62. The van der Waals surface area contributed by atoms with Crippen LogP contribution in [0.15, 0.2) is 18.2 Å². The number of phenols is 1. The highest BCUT2D eigenvalue weighted by Crippen LogP contribution is 2.31. The van der Waals surface area contributed by atoms with Crippen molar-refractivity contribution in [3.05, 3.63) is 29.6 Å². The third-order valence-corrected chi connectivity index (χ3v) is 1.94. The number of nitriles is 1. The molecule has 2 nitrogen and oxygen atoms in total. The van der Waals surface area contributed by atoms with E-state index in [0.717, 1.165) is 6.07 Å². The molecule has 0 radical (unpaired) electrons. The minimum atomic E-state index is -0.869. The van der Waals surface area contributed by atoms with Crippen LogP contribution < -0.4 is 0 Å². The van der Waals surface area contributed by atoms with Crippen LogP contribution in [0.2, 0.25) is 0 Å². The molecule has 0 saturated heterocycles. The number of halogens is 1. The molecule has 0 spiro atoms. The molecule has 0 aliphatic rings. The van der Waals surface area contributed by atoms with Crippen molar-refractivity contribution < 1.29 is 9.50 Å². The maximum absolute atomic E-state index is 12.9. The van der Waals surface area contributed by atoms with Crippen molar-refractivity contribution >= 4 is 0 Å². The monoisotopic (exact) mass is 179 g/mol. The minimum absolute atomic E-state index is 0.315. The van der Waals surface area contributed by atoms with Crippen molar-refractivity contribution in [3.8, 4) is 11.8 Å². The average molecular weight is 179 g/mol. The summed E-state index contributed by atoms with van der Waals surface area (Å²) in [5, 5.41) is 18.1. The van der Waals surface area contributed by atoms with Crippen molar-refractivity contribution in [1.29, 1.82) is 5.26 Å². The minimum Gasteiger partial charge on any atom is -0.505 e. The molecule has 0 aliphatic carbocycles. The van der Waals surface area contributed by atoms with E-state index in [1.807, 2.05) is 6.07 Å². The Morgan fingerprint density at radius 1 is 1.46 bits per heavy atom. The van der Waals surface area contributed by atoms with Gasteiger partial charge >= 0.3 is 0 Å². The summed E-state index contributed by atoms with van der Waals surface area (Å²) in [6.07, 6.45) is 0. The molecule has 68 valence electrons. The van der Waals surface area contributed by atoms with Crippen molar-refractivity contribution in [2.75, 3.05) is 0 Å². The molecule has 0 amide bonds. The van der Waals surface area contributed by atoms with Gasteiger partial charge in [-0.15, -0.1) is 0 Å². The first-order valence-electron chi connectivity index (χ1n) is 3.88. The van der Waals surface area contributed by atoms with Gasteiger partial charge in [0.15, 0.2) is 11.6 Å². The van der Waals surface area contributed by atoms with E-state index in [9.17, 15) is 9.50 Å². The van der Waals surface area contributed by atoms with Crippen LogP contribution in [-0.2, 0) is 5.41 Å². The van der Waals surface area contributed by atoms with Gasteiger partial charge in [0.1, 0.15) is 0 Å².